The van der Waals surface area contributed by atoms with Crippen LogP contribution in [-0.2, 0) is 9.53 Å². The minimum atomic E-state index is -0.729. The van der Waals surface area contributed by atoms with Crippen molar-refractivity contribution in [2.45, 2.75) is 52.7 Å². The number of amides is 2. The summed E-state index contributed by atoms with van der Waals surface area (Å²) < 4.78 is 5.33. The van der Waals surface area contributed by atoms with Crippen LogP contribution in [0.2, 0.25) is 5.28 Å². The van der Waals surface area contributed by atoms with Gasteiger partial charge in [0.15, 0.2) is 0 Å². The van der Waals surface area contributed by atoms with Gasteiger partial charge in [0.2, 0.25) is 11.2 Å². The van der Waals surface area contributed by atoms with Gasteiger partial charge in [-0.15, -0.1) is 0 Å². The molecule has 0 aliphatic carbocycles. The van der Waals surface area contributed by atoms with E-state index in [0.717, 1.165) is 13.0 Å². The van der Waals surface area contributed by atoms with Crippen LogP contribution < -0.4 is 10.2 Å². The lowest BCUT2D eigenvalue weighted by atomic mass is 10.1. The van der Waals surface area contributed by atoms with Gasteiger partial charge in [0, 0.05) is 38.1 Å². The summed E-state index contributed by atoms with van der Waals surface area (Å²) in [6.45, 7) is 9.85. The molecule has 0 aliphatic rings. The third-order valence-electron chi connectivity index (χ3n) is 4.77. The molecule has 182 valence electrons. The maximum absolute atomic E-state index is 12.7. The first kappa shape index (κ1) is 26.9. The molecule has 0 saturated heterocycles. The Kier molecular flexibility index (Phi) is 9.28. The van der Waals surface area contributed by atoms with Crippen LogP contribution in [0, 0.1) is 11.8 Å². The Morgan fingerprint density at radius 1 is 1.24 bits per heavy atom. The molecular formula is C25H32ClN5O3. The molecule has 0 unspecified atom stereocenters. The second kappa shape index (κ2) is 11.7. The molecule has 1 atom stereocenters. The fraction of sp³-hybridized carbons (Fsp3) is 0.440. The molecule has 2 amide bonds. The minimum absolute atomic E-state index is 0.165. The number of anilines is 2. The highest BCUT2D eigenvalue weighted by Gasteiger charge is 2.27. The summed E-state index contributed by atoms with van der Waals surface area (Å²) in [6, 6.07) is 6.43. The number of halogens is 1. The fourth-order valence-corrected chi connectivity index (χ4v) is 3.03. The van der Waals surface area contributed by atoms with Crippen LogP contribution in [0.15, 0.2) is 30.5 Å². The number of hydrogen-bond donors (Lipinski definition) is 1. The van der Waals surface area contributed by atoms with Gasteiger partial charge in [-0.3, -0.25) is 9.69 Å². The van der Waals surface area contributed by atoms with Crippen molar-refractivity contribution in [1.29, 1.82) is 0 Å². The SMILES string of the molecule is CCCN(C)c1nc(Cl)ncc1C#Cc1cccc(NC(=O)[C@H](C)N(C)C(=O)OC(C)(C)C)c1. The Hall–Kier alpha value is -3.31. The maximum Gasteiger partial charge on any atom is 0.410 e. The summed E-state index contributed by atoms with van der Waals surface area (Å²) in [7, 11) is 3.46. The molecule has 1 aromatic carbocycles. The Bertz CT molecular complexity index is 1090. The zero-order chi connectivity index (χ0) is 25.5. The van der Waals surface area contributed by atoms with E-state index in [1.807, 2.05) is 18.0 Å². The molecule has 0 fully saturated rings. The highest BCUT2D eigenvalue weighted by molar-refractivity contribution is 6.28. The van der Waals surface area contributed by atoms with E-state index in [9.17, 15) is 9.59 Å². The molecule has 0 radical (unpaired) electrons. The van der Waals surface area contributed by atoms with Gasteiger partial charge in [-0.05, 0) is 63.9 Å². The number of carbonyl (C=O) groups is 2. The van der Waals surface area contributed by atoms with E-state index < -0.39 is 17.7 Å². The summed E-state index contributed by atoms with van der Waals surface area (Å²) in [6.07, 6.45) is 1.99. The highest BCUT2D eigenvalue weighted by Crippen LogP contribution is 2.18. The van der Waals surface area contributed by atoms with Gasteiger partial charge >= 0.3 is 6.09 Å². The number of likely N-dealkylation sites (N-methyl/N-ethyl adjacent to an activating group) is 1. The molecule has 1 heterocycles. The monoisotopic (exact) mass is 485 g/mol. The Morgan fingerprint density at radius 3 is 2.59 bits per heavy atom. The van der Waals surface area contributed by atoms with Gasteiger partial charge in [-0.2, -0.15) is 4.98 Å². The first-order valence-electron chi connectivity index (χ1n) is 11.0. The second-order valence-corrected chi connectivity index (χ2v) is 9.22. The zero-order valence-electron chi connectivity index (χ0n) is 20.8. The number of nitrogens with one attached hydrogen (secondary N) is 1. The number of ether oxygens (including phenoxy) is 1. The van der Waals surface area contributed by atoms with E-state index >= 15 is 0 Å². The third kappa shape index (κ3) is 7.92. The predicted molar refractivity (Wildman–Crippen MR) is 135 cm³/mol. The van der Waals surface area contributed by atoms with Crippen LogP contribution in [0.1, 0.15) is 52.2 Å². The quantitative estimate of drug-likeness (QED) is 0.476. The van der Waals surface area contributed by atoms with Crippen molar-refractivity contribution in [1.82, 2.24) is 14.9 Å². The van der Waals surface area contributed by atoms with Gasteiger partial charge in [0.05, 0.1) is 5.56 Å². The van der Waals surface area contributed by atoms with Crippen molar-refractivity contribution >= 4 is 35.1 Å². The molecular weight excluding hydrogens is 454 g/mol. The van der Waals surface area contributed by atoms with Crippen molar-refractivity contribution in [3.63, 3.8) is 0 Å². The molecule has 0 saturated carbocycles. The first-order valence-corrected chi connectivity index (χ1v) is 11.4. The van der Waals surface area contributed by atoms with Crippen molar-refractivity contribution in [3.05, 3.63) is 46.9 Å². The van der Waals surface area contributed by atoms with Crippen LogP contribution >= 0.6 is 11.6 Å². The lowest BCUT2D eigenvalue weighted by Crippen LogP contribution is -2.45. The van der Waals surface area contributed by atoms with Gasteiger partial charge in [0.25, 0.3) is 0 Å². The van der Waals surface area contributed by atoms with E-state index in [-0.39, 0.29) is 11.2 Å². The highest BCUT2D eigenvalue weighted by atomic mass is 35.5. The number of nitrogens with zero attached hydrogens (tertiary/aromatic N) is 4. The van der Waals surface area contributed by atoms with Crippen molar-refractivity contribution in [3.8, 4) is 11.8 Å². The van der Waals surface area contributed by atoms with Gasteiger partial charge in [0.1, 0.15) is 17.5 Å². The van der Waals surface area contributed by atoms with Gasteiger partial charge in [-0.1, -0.05) is 24.8 Å². The fourth-order valence-electron chi connectivity index (χ4n) is 2.90. The number of benzene rings is 1. The van der Waals surface area contributed by atoms with Crippen molar-refractivity contribution in [2.24, 2.45) is 0 Å². The third-order valence-corrected chi connectivity index (χ3v) is 4.96. The summed E-state index contributed by atoms with van der Waals surface area (Å²) in [4.78, 5) is 36.6. The lowest BCUT2D eigenvalue weighted by molar-refractivity contribution is -0.120. The number of rotatable bonds is 6. The maximum atomic E-state index is 12.7. The number of carbonyl (C=O) groups excluding carboxylic acids is 2. The Labute approximate surface area is 206 Å². The largest absolute Gasteiger partial charge is 0.444 e. The lowest BCUT2D eigenvalue weighted by Gasteiger charge is -2.28. The average molecular weight is 486 g/mol. The summed E-state index contributed by atoms with van der Waals surface area (Å²) in [5.41, 5.74) is 1.28. The molecule has 8 nitrogen and oxygen atoms in total. The van der Waals surface area contributed by atoms with E-state index in [1.54, 1.807) is 52.1 Å². The molecule has 1 N–H and O–H groups in total. The molecule has 1 aromatic heterocycles. The molecule has 2 aromatic rings. The normalized spacial score (nSPS) is 11.6. The number of aromatic nitrogens is 2. The molecule has 0 bridgehead atoms. The van der Waals surface area contributed by atoms with E-state index in [4.69, 9.17) is 16.3 Å². The van der Waals surface area contributed by atoms with Crippen LogP contribution in [0.25, 0.3) is 0 Å². The Balaban J connectivity index is 2.16. The van der Waals surface area contributed by atoms with Crippen LogP contribution in [-0.4, -0.2) is 59.2 Å². The smallest absolute Gasteiger partial charge is 0.410 e. The van der Waals surface area contributed by atoms with E-state index in [0.29, 0.717) is 22.6 Å². The molecule has 34 heavy (non-hydrogen) atoms. The summed E-state index contributed by atoms with van der Waals surface area (Å²) in [5, 5.41) is 2.99. The standard InChI is InChI=1S/C25H32ClN5O3/c1-8-14-30(6)21-19(16-27-23(26)29-21)13-12-18-10-9-11-20(15-18)28-22(32)17(2)31(7)24(33)34-25(3,4)5/h9-11,15-17H,8,14H2,1-7H3,(H,28,32)/t17-/m0/s1. The van der Waals surface area contributed by atoms with E-state index in [2.05, 4.69) is 34.0 Å². The molecule has 0 aliphatic heterocycles. The topological polar surface area (TPSA) is 87.7 Å². The van der Waals surface area contributed by atoms with Crippen LogP contribution in [0.3, 0.4) is 0 Å². The van der Waals surface area contributed by atoms with Gasteiger partial charge < -0.3 is 15.0 Å². The zero-order valence-corrected chi connectivity index (χ0v) is 21.5. The Morgan fingerprint density at radius 2 is 1.94 bits per heavy atom. The van der Waals surface area contributed by atoms with Crippen molar-refractivity contribution < 1.29 is 14.3 Å². The molecule has 9 heteroatoms. The average Bonchev–Trinajstić information content (AvgIpc) is 2.76. The van der Waals surface area contributed by atoms with Crippen LogP contribution in [0.4, 0.5) is 16.3 Å². The first-order chi connectivity index (χ1) is 15.9. The summed E-state index contributed by atoms with van der Waals surface area (Å²) in [5.74, 6) is 6.51. The summed E-state index contributed by atoms with van der Waals surface area (Å²) >= 11 is 5.98. The predicted octanol–water partition coefficient (Wildman–Crippen LogP) is 4.57. The van der Waals surface area contributed by atoms with Crippen LogP contribution in [0.5, 0.6) is 0 Å². The minimum Gasteiger partial charge on any atom is -0.444 e. The van der Waals surface area contributed by atoms with Crippen molar-refractivity contribution in [2.75, 3.05) is 30.9 Å². The second-order valence-electron chi connectivity index (χ2n) is 8.89. The van der Waals surface area contributed by atoms with E-state index in [1.165, 1.54) is 11.9 Å². The van der Waals surface area contributed by atoms with Gasteiger partial charge in [-0.25, -0.2) is 9.78 Å². The molecule has 0 spiro atoms. The molecule has 2 rings (SSSR count). The number of hydrogen-bond acceptors (Lipinski definition) is 6.